The molecule has 2 fully saturated rings. The van der Waals surface area contributed by atoms with E-state index in [4.69, 9.17) is 9.84 Å². The van der Waals surface area contributed by atoms with Crippen molar-refractivity contribution in [2.75, 3.05) is 0 Å². The summed E-state index contributed by atoms with van der Waals surface area (Å²) in [5.41, 5.74) is 0.00130. The molecule has 2 aliphatic rings. The third-order valence-corrected chi connectivity index (χ3v) is 2.57. The van der Waals surface area contributed by atoms with Crippen molar-refractivity contribution >= 4 is 5.97 Å². The number of carbonyl (C=O) groups is 1. The van der Waals surface area contributed by atoms with E-state index in [1.54, 1.807) is 0 Å². The molecule has 62 valence electrons. The van der Waals surface area contributed by atoms with Crippen LogP contribution in [-0.4, -0.2) is 22.8 Å². The quantitative estimate of drug-likeness (QED) is 0.620. The maximum absolute atomic E-state index is 10.5. The van der Waals surface area contributed by atoms with Gasteiger partial charge in [-0.1, -0.05) is 0 Å². The van der Waals surface area contributed by atoms with Crippen LogP contribution in [0.3, 0.4) is 0 Å². The van der Waals surface area contributed by atoms with Gasteiger partial charge in [0.05, 0.1) is 5.60 Å². The molecule has 1 spiro atoms. The van der Waals surface area contributed by atoms with Crippen LogP contribution in [0.5, 0.6) is 0 Å². The van der Waals surface area contributed by atoms with Gasteiger partial charge in [0.2, 0.25) is 0 Å². The Bertz CT molecular complexity index is 184. The number of hydrogen-bond acceptors (Lipinski definition) is 2. The predicted molar refractivity (Wildman–Crippen MR) is 38.3 cm³/mol. The highest BCUT2D eigenvalue weighted by Gasteiger charge is 2.48. The van der Waals surface area contributed by atoms with E-state index in [1.165, 1.54) is 0 Å². The molecule has 1 N–H and O–H groups in total. The molecule has 1 saturated heterocycles. The van der Waals surface area contributed by atoms with Crippen LogP contribution in [0, 0.1) is 0 Å². The zero-order valence-electron chi connectivity index (χ0n) is 6.38. The Balaban J connectivity index is 1.98. The molecule has 2 rings (SSSR count). The molecule has 11 heavy (non-hydrogen) atoms. The van der Waals surface area contributed by atoms with Crippen LogP contribution < -0.4 is 0 Å². The molecule has 0 aromatic heterocycles. The highest BCUT2D eigenvalue weighted by molar-refractivity contribution is 5.72. The van der Waals surface area contributed by atoms with Crippen molar-refractivity contribution in [2.24, 2.45) is 0 Å². The van der Waals surface area contributed by atoms with E-state index in [0.29, 0.717) is 6.42 Å². The first kappa shape index (κ1) is 7.10. The average molecular weight is 156 g/mol. The Labute approximate surface area is 65.4 Å². The van der Waals surface area contributed by atoms with Crippen molar-refractivity contribution in [3.8, 4) is 0 Å². The Morgan fingerprint density at radius 2 is 2.18 bits per heavy atom. The summed E-state index contributed by atoms with van der Waals surface area (Å²) < 4.78 is 5.45. The topological polar surface area (TPSA) is 46.5 Å². The van der Waals surface area contributed by atoms with Gasteiger partial charge in [-0.25, -0.2) is 4.79 Å². The van der Waals surface area contributed by atoms with Gasteiger partial charge >= 0.3 is 5.97 Å². The van der Waals surface area contributed by atoms with Crippen molar-refractivity contribution in [1.82, 2.24) is 0 Å². The van der Waals surface area contributed by atoms with Gasteiger partial charge in [-0.2, -0.15) is 0 Å². The number of rotatable bonds is 1. The summed E-state index contributed by atoms with van der Waals surface area (Å²) >= 11 is 0. The Morgan fingerprint density at radius 1 is 1.45 bits per heavy atom. The average Bonchev–Trinajstić information content (AvgIpc) is 2.69. The maximum atomic E-state index is 10.5. The van der Waals surface area contributed by atoms with E-state index in [0.717, 1.165) is 25.7 Å². The standard InChI is InChI=1S/C8H12O3/c9-7(10)6-2-1-3-8(11-6)4-5-8/h6H,1-5H2,(H,9,10). The van der Waals surface area contributed by atoms with Gasteiger partial charge in [0.25, 0.3) is 0 Å². The first-order valence-electron chi connectivity index (χ1n) is 4.13. The first-order chi connectivity index (χ1) is 5.22. The second-order valence-electron chi connectivity index (χ2n) is 3.52. The molecular weight excluding hydrogens is 144 g/mol. The fourth-order valence-corrected chi connectivity index (χ4v) is 1.71. The molecule has 0 bridgehead atoms. The lowest BCUT2D eigenvalue weighted by Gasteiger charge is -2.27. The molecule has 0 amide bonds. The van der Waals surface area contributed by atoms with Crippen LogP contribution in [0.1, 0.15) is 32.1 Å². The zero-order chi connectivity index (χ0) is 7.90. The summed E-state index contributed by atoms with van der Waals surface area (Å²) in [7, 11) is 0. The van der Waals surface area contributed by atoms with E-state index >= 15 is 0 Å². The molecule has 1 heterocycles. The number of carboxylic acid groups (broad SMARTS) is 1. The molecule has 0 radical (unpaired) electrons. The minimum absolute atomic E-state index is 0.00130. The smallest absolute Gasteiger partial charge is 0.332 e. The fourth-order valence-electron chi connectivity index (χ4n) is 1.71. The van der Waals surface area contributed by atoms with Crippen molar-refractivity contribution in [3.63, 3.8) is 0 Å². The maximum Gasteiger partial charge on any atom is 0.332 e. The summed E-state index contributed by atoms with van der Waals surface area (Å²) in [6.07, 6.45) is 4.38. The molecular formula is C8H12O3. The summed E-state index contributed by atoms with van der Waals surface area (Å²) in [5.74, 6) is -0.795. The van der Waals surface area contributed by atoms with Crippen molar-refractivity contribution in [1.29, 1.82) is 0 Å². The molecule has 1 unspecified atom stereocenters. The minimum Gasteiger partial charge on any atom is -0.479 e. The Kier molecular flexibility index (Phi) is 1.42. The van der Waals surface area contributed by atoms with Crippen LogP contribution >= 0.6 is 0 Å². The van der Waals surface area contributed by atoms with Crippen LogP contribution in [0.15, 0.2) is 0 Å². The summed E-state index contributed by atoms with van der Waals surface area (Å²) in [6.45, 7) is 0. The van der Waals surface area contributed by atoms with Gasteiger partial charge < -0.3 is 9.84 Å². The van der Waals surface area contributed by atoms with E-state index in [-0.39, 0.29) is 5.60 Å². The van der Waals surface area contributed by atoms with E-state index < -0.39 is 12.1 Å². The first-order valence-corrected chi connectivity index (χ1v) is 4.13. The monoisotopic (exact) mass is 156 g/mol. The summed E-state index contributed by atoms with van der Waals surface area (Å²) in [5, 5.41) is 8.67. The van der Waals surface area contributed by atoms with Crippen LogP contribution in [0.25, 0.3) is 0 Å². The van der Waals surface area contributed by atoms with Crippen molar-refractivity contribution in [3.05, 3.63) is 0 Å². The van der Waals surface area contributed by atoms with Gasteiger partial charge in [0.15, 0.2) is 6.10 Å². The molecule has 1 atom stereocenters. The van der Waals surface area contributed by atoms with Crippen LogP contribution in [-0.2, 0) is 9.53 Å². The van der Waals surface area contributed by atoms with Crippen LogP contribution in [0.2, 0.25) is 0 Å². The normalized spacial score (nSPS) is 33.6. The largest absolute Gasteiger partial charge is 0.479 e. The fraction of sp³-hybridized carbons (Fsp3) is 0.875. The minimum atomic E-state index is -0.795. The van der Waals surface area contributed by atoms with E-state index in [2.05, 4.69) is 0 Å². The van der Waals surface area contributed by atoms with Gasteiger partial charge in [0.1, 0.15) is 0 Å². The Morgan fingerprint density at radius 3 is 2.73 bits per heavy atom. The highest BCUT2D eigenvalue weighted by atomic mass is 16.5. The van der Waals surface area contributed by atoms with Crippen molar-refractivity contribution in [2.45, 2.75) is 43.8 Å². The van der Waals surface area contributed by atoms with Crippen LogP contribution in [0.4, 0.5) is 0 Å². The summed E-state index contributed by atoms with van der Waals surface area (Å²) in [4.78, 5) is 10.5. The zero-order valence-corrected chi connectivity index (χ0v) is 6.38. The number of hydrogen-bond donors (Lipinski definition) is 1. The Hall–Kier alpha value is -0.570. The second kappa shape index (κ2) is 2.21. The van der Waals surface area contributed by atoms with E-state index in [1.807, 2.05) is 0 Å². The second-order valence-corrected chi connectivity index (χ2v) is 3.52. The van der Waals surface area contributed by atoms with Gasteiger partial charge in [-0.05, 0) is 32.1 Å². The number of ether oxygens (including phenoxy) is 1. The van der Waals surface area contributed by atoms with Gasteiger partial charge in [-0.3, -0.25) is 0 Å². The number of aliphatic carboxylic acids is 1. The molecule has 1 aliphatic heterocycles. The molecule has 0 aromatic rings. The molecule has 0 aromatic carbocycles. The number of carboxylic acids is 1. The lowest BCUT2D eigenvalue weighted by Crippen LogP contribution is -2.34. The highest BCUT2D eigenvalue weighted by Crippen LogP contribution is 2.47. The van der Waals surface area contributed by atoms with Gasteiger partial charge in [-0.15, -0.1) is 0 Å². The SMILES string of the molecule is O=C(O)C1CCCC2(CC2)O1. The molecule has 3 heteroatoms. The lowest BCUT2D eigenvalue weighted by molar-refractivity contribution is -0.161. The van der Waals surface area contributed by atoms with Crippen molar-refractivity contribution < 1.29 is 14.6 Å². The third kappa shape index (κ3) is 1.25. The summed E-state index contributed by atoms with van der Waals surface area (Å²) in [6, 6.07) is 0. The molecule has 1 saturated carbocycles. The molecule has 3 nitrogen and oxygen atoms in total. The predicted octanol–water partition coefficient (Wildman–Crippen LogP) is 1.17. The van der Waals surface area contributed by atoms with Gasteiger partial charge in [0, 0.05) is 0 Å². The molecule has 1 aliphatic carbocycles. The third-order valence-electron chi connectivity index (χ3n) is 2.57. The van der Waals surface area contributed by atoms with E-state index in [9.17, 15) is 4.79 Å². The lowest BCUT2D eigenvalue weighted by atomic mass is 10.0.